The first-order chi connectivity index (χ1) is 6.76. The van der Waals surface area contributed by atoms with E-state index in [9.17, 15) is 4.39 Å². The minimum absolute atomic E-state index is 0.216. The number of nitrogens with one attached hydrogen (secondary N) is 2. The van der Waals surface area contributed by atoms with Gasteiger partial charge in [-0.1, -0.05) is 12.1 Å². The van der Waals surface area contributed by atoms with Gasteiger partial charge in [0.05, 0.1) is 0 Å². The van der Waals surface area contributed by atoms with Crippen molar-refractivity contribution < 1.29 is 4.39 Å². The third kappa shape index (κ3) is 3.05. The summed E-state index contributed by atoms with van der Waals surface area (Å²) in [5.41, 5.74) is 1.02. The van der Waals surface area contributed by atoms with Crippen LogP contribution in [0.4, 0.5) is 4.39 Å². The molecule has 0 saturated carbocycles. The van der Waals surface area contributed by atoms with E-state index < -0.39 is 0 Å². The molecule has 0 saturated heterocycles. The number of hydrogen-bond donors (Lipinski definition) is 2. The van der Waals surface area contributed by atoms with Crippen molar-refractivity contribution >= 4 is 5.96 Å². The van der Waals surface area contributed by atoms with Crippen molar-refractivity contribution in [3.05, 3.63) is 35.6 Å². The first kappa shape index (κ1) is 10.5. The highest BCUT2D eigenvalue weighted by atomic mass is 19.1. The van der Waals surface area contributed by atoms with E-state index in [1.165, 1.54) is 12.1 Å². The van der Waals surface area contributed by atoms with Crippen LogP contribution in [0.15, 0.2) is 29.3 Å². The van der Waals surface area contributed by atoms with Crippen LogP contribution >= 0.6 is 0 Å². The van der Waals surface area contributed by atoms with Gasteiger partial charge in [0, 0.05) is 20.6 Å². The highest BCUT2D eigenvalue weighted by molar-refractivity contribution is 5.79. The van der Waals surface area contributed by atoms with Gasteiger partial charge in [0.1, 0.15) is 5.82 Å². The number of nitrogens with zero attached hydrogens (tertiary/aromatic N) is 1. The summed E-state index contributed by atoms with van der Waals surface area (Å²) in [5, 5.41) is 5.97. The second-order valence-corrected chi connectivity index (χ2v) is 2.80. The highest BCUT2D eigenvalue weighted by Gasteiger charge is 1.95. The molecule has 0 bridgehead atoms. The van der Waals surface area contributed by atoms with Crippen LogP contribution in [0.25, 0.3) is 0 Å². The summed E-state index contributed by atoms with van der Waals surface area (Å²) in [5.74, 6) is 0.501. The van der Waals surface area contributed by atoms with Crippen molar-refractivity contribution in [3.8, 4) is 0 Å². The lowest BCUT2D eigenvalue weighted by molar-refractivity contribution is 0.626. The molecule has 4 heteroatoms. The van der Waals surface area contributed by atoms with Gasteiger partial charge in [-0.25, -0.2) is 4.39 Å². The molecule has 0 aliphatic rings. The van der Waals surface area contributed by atoms with Gasteiger partial charge in [-0.15, -0.1) is 0 Å². The molecule has 14 heavy (non-hydrogen) atoms. The number of hydrogen-bond acceptors (Lipinski definition) is 1. The van der Waals surface area contributed by atoms with E-state index in [0.717, 1.165) is 5.56 Å². The Bertz CT molecular complexity index is 306. The molecule has 1 rings (SSSR count). The van der Waals surface area contributed by atoms with Gasteiger partial charge in [0.2, 0.25) is 0 Å². The van der Waals surface area contributed by atoms with Crippen LogP contribution in [0.2, 0.25) is 0 Å². The Labute approximate surface area is 83.1 Å². The van der Waals surface area contributed by atoms with E-state index in [-0.39, 0.29) is 5.82 Å². The van der Waals surface area contributed by atoms with Crippen LogP contribution < -0.4 is 10.6 Å². The first-order valence-electron chi connectivity index (χ1n) is 4.39. The topological polar surface area (TPSA) is 36.4 Å². The molecule has 0 aromatic heterocycles. The summed E-state index contributed by atoms with van der Waals surface area (Å²) < 4.78 is 12.6. The number of aliphatic imine (C=N–C) groups is 1. The third-order valence-electron chi connectivity index (χ3n) is 1.83. The molecular formula is C10H14FN3. The number of halogens is 1. The predicted molar refractivity (Wildman–Crippen MR) is 55.7 cm³/mol. The molecular weight excluding hydrogens is 181 g/mol. The normalized spacial score (nSPS) is 11.2. The quantitative estimate of drug-likeness (QED) is 0.548. The minimum atomic E-state index is -0.216. The average Bonchev–Trinajstić information content (AvgIpc) is 2.22. The fraction of sp³-hybridized carbons (Fsp3) is 0.300. The summed E-state index contributed by atoms with van der Waals surface area (Å²) in [4.78, 5) is 3.96. The van der Waals surface area contributed by atoms with E-state index in [1.54, 1.807) is 26.2 Å². The number of rotatable bonds is 2. The predicted octanol–water partition coefficient (Wildman–Crippen LogP) is 1.12. The van der Waals surface area contributed by atoms with Crippen LogP contribution in [-0.2, 0) is 6.54 Å². The van der Waals surface area contributed by atoms with Gasteiger partial charge in [-0.05, 0) is 17.7 Å². The lowest BCUT2D eigenvalue weighted by atomic mass is 10.2. The van der Waals surface area contributed by atoms with E-state index in [0.29, 0.717) is 12.5 Å². The Balaban J connectivity index is 2.49. The summed E-state index contributed by atoms with van der Waals surface area (Å²) in [6.07, 6.45) is 0. The standard InChI is InChI=1S/C10H14FN3/c1-12-10(13-2)14-7-8-3-5-9(11)6-4-8/h3-6H,7H2,1-2H3,(H2,12,13,14). The molecule has 0 aliphatic heterocycles. The van der Waals surface area contributed by atoms with E-state index >= 15 is 0 Å². The highest BCUT2D eigenvalue weighted by Crippen LogP contribution is 2.01. The van der Waals surface area contributed by atoms with Crippen LogP contribution in [0.1, 0.15) is 5.56 Å². The second kappa shape index (κ2) is 5.21. The van der Waals surface area contributed by atoms with E-state index in [2.05, 4.69) is 15.6 Å². The maximum Gasteiger partial charge on any atom is 0.190 e. The van der Waals surface area contributed by atoms with E-state index in [1.807, 2.05) is 0 Å². The average molecular weight is 195 g/mol. The number of benzene rings is 1. The summed E-state index contributed by atoms with van der Waals surface area (Å²) in [6, 6.07) is 6.37. The molecule has 1 aromatic rings. The van der Waals surface area contributed by atoms with Crippen molar-refractivity contribution in [2.45, 2.75) is 6.54 Å². The van der Waals surface area contributed by atoms with Gasteiger partial charge in [0.25, 0.3) is 0 Å². The van der Waals surface area contributed by atoms with Gasteiger partial charge >= 0.3 is 0 Å². The molecule has 0 atom stereocenters. The summed E-state index contributed by atoms with van der Waals surface area (Å²) in [6.45, 7) is 0.633. The monoisotopic (exact) mass is 195 g/mol. The maximum absolute atomic E-state index is 12.6. The second-order valence-electron chi connectivity index (χ2n) is 2.80. The first-order valence-corrected chi connectivity index (χ1v) is 4.39. The Morgan fingerprint density at radius 2 is 2.00 bits per heavy atom. The lowest BCUT2D eigenvalue weighted by Crippen LogP contribution is -2.34. The molecule has 0 fully saturated rings. The summed E-state index contributed by atoms with van der Waals surface area (Å²) >= 11 is 0. The van der Waals surface area contributed by atoms with Crippen LogP contribution in [0.3, 0.4) is 0 Å². The molecule has 0 heterocycles. The van der Waals surface area contributed by atoms with Crippen molar-refractivity contribution in [2.75, 3.05) is 14.1 Å². The maximum atomic E-state index is 12.6. The van der Waals surface area contributed by atoms with Gasteiger partial charge in [-0.3, -0.25) is 4.99 Å². The smallest absolute Gasteiger partial charge is 0.190 e. The molecule has 2 N–H and O–H groups in total. The van der Waals surface area contributed by atoms with Gasteiger partial charge in [0.15, 0.2) is 5.96 Å². The Morgan fingerprint density at radius 3 is 2.50 bits per heavy atom. The Morgan fingerprint density at radius 1 is 1.36 bits per heavy atom. The molecule has 3 nitrogen and oxygen atoms in total. The van der Waals surface area contributed by atoms with Crippen molar-refractivity contribution in [2.24, 2.45) is 4.99 Å². The lowest BCUT2D eigenvalue weighted by Gasteiger charge is -2.07. The Hall–Kier alpha value is -1.58. The zero-order valence-electron chi connectivity index (χ0n) is 8.34. The zero-order valence-corrected chi connectivity index (χ0v) is 8.34. The van der Waals surface area contributed by atoms with Crippen LogP contribution in [-0.4, -0.2) is 20.1 Å². The fourth-order valence-corrected chi connectivity index (χ4v) is 1.07. The SMILES string of the molecule is CN=C(NC)NCc1ccc(F)cc1. The fourth-order valence-electron chi connectivity index (χ4n) is 1.07. The third-order valence-corrected chi connectivity index (χ3v) is 1.83. The molecule has 0 amide bonds. The summed E-state index contributed by atoms with van der Waals surface area (Å²) in [7, 11) is 3.49. The van der Waals surface area contributed by atoms with Gasteiger partial charge < -0.3 is 10.6 Å². The molecule has 76 valence electrons. The van der Waals surface area contributed by atoms with Crippen molar-refractivity contribution in [1.82, 2.24) is 10.6 Å². The molecule has 0 aliphatic carbocycles. The Kier molecular flexibility index (Phi) is 3.91. The molecule has 0 unspecified atom stereocenters. The molecule has 0 radical (unpaired) electrons. The van der Waals surface area contributed by atoms with Crippen LogP contribution in [0.5, 0.6) is 0 Å². The van der Waals surface area contributed by atoms with Crippen molar-refractivity contribution in [3.63, 3.8) is 0 Å². The largest absolute Gasteiger partial charge is 0.359 e. The van der Waals surface area contributed by atoms with Crippen molar-refractivity contribution in [1.29, 1.82) is 0 Å². The zero-order chi connectivity index (χ0) is 10.4. The molecule has 0 spiro atoms. The number of guanidine groups is 1. The van der Waals surface area contributed by atoms with Crippen LogP contribution in [0, 0.1) is 5.82 Å². The minimum Gasteiger partial charge on any atom is -0.359 e. The van der Waals surface area contributed by atoms with Gasteiger partial charge in [-0.2, -0.15) is 0 Å². The van der Waals surface area contributed by atoms with E-state index in [4.69, 9.17) is 0 Å². The molecule has 1 aromatic carbocycles.